The molecule has 0 saturated heterocycles. The van der Waals surface area contributed by atoms with Crippen LogP contribution in [0.3, 0.4) is 0 Å². The van der Waals surface area contributed by atoms with Crippen LogP contribution in [0, 0.1) is 0 Å². The lowest BCUT2D eigenvalue weighted by atomic mass is 10.0. The highest BCUT2D eigenvalue weighted by Crippen LogP contribution is 2.28. The first-order valence-electron chi connectivity index (χ1n) is 6.07. The van der Waals surface area contributed by atoms with Crippen LogP contribution in [-0.2, 0) is 6.42 Å². The third-order valence-corrected chi connectivity index (χ3v) is 3.52. The van der Waals surface area contributed by atoms with Gasteiger partial charge in [0.05, 0.1) is 0 Å². The largest absolute Gasteiger partial charge is 0.311 e. The van der Waals surface area contributed by atoms with E-state index in [4.69, 9.17) is 0 Å². The Kier molecular flexibility index (Phi) is 3.42. The Bertz CT molecular complexity index is 285. The van der Waals surface area contributed by atoms with Crippen LogP contribution < -0.4 is 5.32 Å². The quantitative estimate of drug-likeness (QED) is 0.792. The molecule has 0 aromatic heterocycles. The van der Waals surface area contributed by atoms with Crippen LogP contribution in [0.2, 0.25) is 0 Å². The molecule has 0 aliphatic heterocycles. The number of rotatable bonds is 4. The molecular formula is C14H21N. The molecule has 1 aromatic rings. The van der Waals surface area contributed by atoms with Gasteiger partial charge in [-0.05, 0) is 38.3 Å². The van der Waals surface area contributed by atoms with Gasteiger partial charge >= 0.3 is 0 Å². The second-order valence-electron chi connectivity index (χ2n) is 4.93. The summed E-state index contributed by atoms with van der Waals surface area (Å²) in [6.07, 6.45) is 6.64. The first kappa shape index (κ1) is 10.7. The minimum absolute atomic E-state index is 0.425. The van der Waals surface area contributed by atoms with E-state index in [1.807, 2.05) is 0 Å². The molecule has 15 heavy (non-hydrogen) atoms. The summed E-state index contributed by atoms with van der Waals surface area (Å²) >= 11 is 0. The van der Waals surface area contributed by atoms with Crippen molar-refractivity contribution in [2.45, 2.75) is 44.6 Å². The Morgan fingerprint density at radius 2 is 1.80 bits per heavy atom. The summed E-state index contributed by atoms with van der Waals surface area (Å²) in [5, 5.41) is 3.71. The number of nitrogens with one attached hydrogen (secondary N) is 1. The van der Waals surface area contributed by atoms with Crippen molar-refractivity contribution < 1.29 is 0 Å². The summed E-state index contributed by atoms with van der Waals surface area (Å²) in [5.41, 5.74) is 1.86. The highest BCUT2D eigenvalue weighted by Gasteiger charge is 2.27. The Labute approximate surface area is 92.9 Å². The third-order valence-electron chi connectivity index (χ3n) is 3.52. The van der Waals surface area contributed by atoms with Gasteiger partial charge in [0.15, 0.2) is 0 Å². The normalized spacial score (nSPS) is 19.3. The fraction of sp³-hybridized carbons (Fsp3) is 0.571. The van der Waals surface area contributed by atoms with Crippen molar-refractivity contribution in [3.63, 3.8) is 0 Å². The Morgan fingerprint density at radius 1 is 1.13 bits per heavy atom. The number of hydrogen-bond acceptors (Lipinski definition) is 1. The van der Waals surface area contributed by atoms with Crippen LogP contribution in [0.1, 0.15) is 38.2 Å². The average Bonchev–Trinajstić information content (AvgIpc) is 2.67. The summed E-state index contributed by atoms with van der Waals surface area (Å²) in [6, 6.07) is 10.7. The van der Waals surface area contributed by atoms with Crippen LogP contribution in [0.15, 0.2) is 30.3 Å². The molecule has 1 saturated carbocycles. The third kappa shape index (κ3) is 3.07. The molecule has 1 aromatic carbocycles. The van der Waals surface area contributed by atoms with Crippen LogP contribution in [0.5, 0.6) is 0 Å². The van der Waals surface area contributed by atoms with Crippen molar-refractivity contribution in [3.05, 3.63) is 35.9 Å². The molecule has 1 fully saturated rings. The molecule has 0 spiro atoms. The van der Waals surface area contributed by atoms with Crippen molar-refractivity contribution in [2.75, 3.05) is 6.54 Å². The summed E-state index contributed by atoms with van der Waals surface area (Å²) in [4.78, 5) is 0. The van der Waals surface area contributed by atoms with Gasteiger partial charge in [-0.1, -0.05) is 43.2 Å². The van der Waals surface area contributed by atoms with E-state index in [1.165, 1.54) is 31.2 Å². The first-order valence-corrected chi connectivity index (χ1v) is 6.07. The van der Waals surface area contributed by atoms with E-state index >= 15 is 0 Å². The lowest BCUT2D eigenvalue weighted by Gasteiger charge is -2.25. The van der Waals surface area contributed by atoms with Crippen molar-refractivity contribution >= 4 is 0 Å². The lowest BCUT2D eigenvalue weighted by molar-refractivity contribution is 0.368. The zero-order valence-electron chi connectivity index (χ0n) is 9.63. The Morgan fingerprint density at radius 3 is 2.47 bits per heavy atom. The van der Waals surface area contributed by atoms with Gasteiger partial charge in [0.25, 0.3) is 0 Å². The van der Waals surface area contributed by atoms with Crippen LogP contribution in [-0.4, -0.2) is 12.1 Å². The molecule has 0 radical (unpaired) electrons. The van der Waals surface area contributed by atoms with Crippen LogP contribution >= 0.6 is 0 Å². The monoisotopic (exact) mass is 203 g/mol. The molecule has 0 bridgehead atoms. The summed E-state index contributed by atoms with van der Waals surface area (Å²) in [7, 11) is 0. The second kappa shape index (κ2) is 4.80. The van der Waals surface area contributed by atoms with E-state index in [2.05, 4.69) is 42.6 Å². The predicted molar refractivity (Wildman–Crippen MR) is 65.0 cm³/mol. The predicted octanol–water partition coefficient (Wildman–Crippen LogP) is 3.15. The molecule has 2 rings (SSSR count). The molecule has 1 heteroatoms. The van der Waals surface area contributed by atoms with Gasteiger partial charge in [-0.25, -0.2) is 0 Å². The molecule has 1 nitrogen and oxygen atoms in total. The van der Waals surface area contributed by atoms with Crippen molar-refractivity contribution in [2.24, 2.45) is 0 Å². The zero-order chi connectivity index (χ0) is 10.6. The van der Waals surface area contributed by atoms with Crippen molar-refractivity contribution in [1.82, 2.24) is 5.32 Å². The lowest BCUT2D eigenvalue weighted by Crippen LogP contribution is -2.40. The van der Waals surface area contributed by atoms with Gasteiger partial charge in [0.1, 0.15) is 0 Å². The van der Waals surface area contributed by atoms with Gasteiger partial charge in [0, 0.05) is 5.54 Å². The fourth-order valence-corrected chi connectivity index (χ4v) is 2.49. The minimum atomic E-state index is 0.425. The van der Waals surface area contributed by atoms with Crippen LogP contribution in [0.4, 0.5) is 0 Å². The fourth-order valence-electron chi connectivity index (χ4n) is 2.49. The number of hydrogen-bond donors (Lipinski definition) is 1. The maximum atomic E-state index is 3.71. The molecule has 0 heterocycles. The molecule has 82 valence electrons. The Hall–Kier alpha value is -0.820. The molecular weight excluding hydrogens is 182 g/mol. The summed E-state index contributed by atoms with van der Waals surface area (Å²) < 4.78 is 0. The average molecular weight is 203 g/mol. The Balaban J connectivity index is 1.75. The summed E-state index contributed by atoms with van der Waals surface area (Å²) in [6.45, 7) is 3.48. The second-order valence-corrected chi connectivity index (χ2v) is 4.93. The summed E-state index contributed by atoms with van der Waals surface area (Å²) in [5.74, 6) is 0. The maximum absolute atomic E-state index is 3.71. The van der Waals surface area contributed by atoms with Gasteiger partial charge in [-0.3, -0.25) is 0 Å². The molecule has 0 atom stereocenters. The SMILES string of the molecule is CC1(NCCc2ccccc2)CCCC1. The van der Waals surface area contributed by atoms with E-state index in [0.717, 1.165) is 13.0 Å². The van der Waals surface area contributed by atoms with Crippen LogP contribution in [0.25, 0.3) is 0 Å². The van der Waals surface area contributed by atoms with Crippen molar-refractivity contribution in [1.29, 1.82) is 0 Å². The van der Waals surface area contributed by atoms with Gasteiger partial charge in [-0.2, -0.15) is 0 Å². The first-order chi connectivity index (χ1) is 7.29. The molecule has 0 unspecified atom stereocenters. The molecule has 0 amide bonds. The highest BCUT2D eigenvalue weighted by molar-refractivity contribution is 5.14. The van der Waals surface area contributed by atoms with Gasteiger partial charge in [-0.15, -0.1) is 0 Å². The van der Waals surface area contributed by atoms with E-state index in [9.17, 15) is 0 Å². The van der Waals surface area contributed by atoms with Crippen molar-refractivity contribution in [3.8, 4) is 0 Å². The highest BCUT2D eigenvalue weighted by atomic mass is 15.0. The van der Waals surface area contributed by atoms with E-state index in [0.29, 0.717) is 5.54 Å². The molecule has 1 aliphatic carbocycles. The maximum Gasteiger partial charge on any atom is 0.0153 e. The zero-order valence-corrected chi connectivity index (χ0v) is 9.63. The van der Waals surface area contributed by atoms with E-state index in [1.54, 1.807) is 0 Å². The smallest absolute Gasteiger partial charge is 0.0153 e. The van der Waals surface area contributed by atoms with E-state index < -0.39 is 0 Å². The molecule has 1 aliphatic rings. The topological polar surface area (TPSA) is 12.0 Å². The standard InChI is InChI=1S/C14H21N/c1-14(10-5-6-11-14)15-12-9-13-7-3-2-4-8-13/h2-4,7-8,15H,5-6,9-12H2,1H3. The van der Waals surface area contributed by atoms with Gasteiger partial charge in [0.2, 0.25) is 0 Å². The number of benzene rings is 1. The molecule has 1 N–H and O–H groups in total. The van der Waals surface area contributed by atoms with E-state index in [-0.39, 0.29) is 0 Å². The van der Waals surface area contributed by atoms with Gasteiger partial charge < -0.3 is 5.32 Å². The minimum Gasteiger partial charge on any atom is -0.311 e.